The molecule has 0 N–H and O–H groups in total. The van der Waals surface area contributed by atoms with Gasteiger partial charge >= 0.3 is 0 Å². The third-order valence-corrected chi connectivity index (χ3v) is 22.9. The van der Waals surface area contributed by atoms with Crippen molar-refractivity contribution in [3.8, 4) is 11.1 Å². The fraction of sp³-hybridized carbons (Fsp3) is 0.528. The Kier molecular flexibility index (Phi) is 11.0. The SMILES string of the molecule is Cc1cc2c3c(c1)N(c1ccc(C(C)(C)C)cc1-c1cc4c(cc1C)C(C)(C)CCC4(C)C)c1c(sc4c1C(C)(C)CCC4(C)C)B3c1ccc3c(c1N2c1ccc2c(c1)C(C)(C)CCC2(C)C)C(C)(C)CCC3(C)C. The van der Waals surface area contributed by atoms with Gasteiger partial charge in [0.1, 0.15) is 0 Å². The molecule has 6 aliphatic rings. The smallest absolute Gasteiger partial charge is 0.264 e. The van der Waals surface area contributed by atoms with Gasteiger partial charge in [0, 0.05) is 38.0 Å². The quantitative estimate of drug-likeness (QED) is 0.163. The number of aryl methyl sites for hydroxylation is 2. The molecule has 12 rings (SSSR count). The first-order valence-electron chi connectivity index (χ1n) is 29.6. The van der Waals surface area contributed by atoms with Gasteiger partial charge in [-0.2, -0.15) is 11.3 Å². The van der Waals surface area contributed by atoms with Crippen molar-refractivity contribution in [2.75, 3.05) is 9.80 Å². The van der Waals surface area contributed by atoms with Crippen LogP contribution in [0.4, 0.5) is 34.1 Å². The molecule has 0 amide bonds. The summed E-state index contributed by atoms with van der Waals surface area (Å²) in [7, 11) is 0. The predicted molar refractivity (Wildman–Crippen MR) is 333 cm³/mol. The second-order valence-corrected chi connectivity index (χ2v) is 32.8. The van der Waals surface area contributed by atoms with Crippen LogP contribution < -0.4 is 25.5 Å². The van der Waals surface area contributed by atoms with Crippen molar-refractivity contribution in [2.45, 2.75) is 245 Å². The molecule has 0 radical (unpaired) electrons. The molecule has 76 heavy (non-hydrogen) atoms. The zero-order valence-electron chi connectivity index (χ0n) is 51.0. The van der Waals surface area contributed by atoms with Crippen LogP contribution in [0, 0.1) is 13.8 Å². The number of thiophene rings is 1. The average molecular weight is 1030 g/mol. The third kappa shape index (κ3) is 7.49. The van der Waals surface area contributed by atoms with Gasteiger partial charge in [-0.25, -0.2) is 0 Å². The van der Waals surface area contributed by atoms with Gasteiger partial charge in [0.25, 0.3) is 6.71 Å². The first-order chi connectivity index (χ1) is 35.1. The Labute approximate surface area is 465 Å². The highest BCUT2D eigenvalue weighted by molar-refractivity contribution is 7.29. The minimum Gasteiger partial charge on any atom is -0.311 e. The lowest BCUT2D eigenvalue weighted by Gasteiger charge is -2.50. The number of hydrogen-bond acceptors (Lipinski definition) is 3. The number of benzene rings is 5. The summed E-state index contributed by atoms with van der Waals surface area (Å²) in [5.41, 5.74) is 29.2. The van der Waals surface area contributed by atoms with Gasteiger partial charge in [-0.1, -0.05) is 162 Å². The third-order valence-electron chi connectivity index (χ3n) is 21.3. The molecule has 1 aromatic heterocycles. The van der Waals surface area contributed by atoms with E-state index in [1.807, 2.05) is 0 Å². The van der Waals surface area contributed by atoms with Gasteiger partial charge in [-0.05, 0) is 229 Å². The molecule has 0 bridgehead atoms. The fourth-order valence-corrected chi connectivity index (χ4v) is 17.5. The van der Waals surface area contributed by atoms with E-state index in [2.05, 4.69) is 239 Å². The minimum absolute atomic E-state index is 0.0174. The molecule has 5 aromatic carbocycles. The summed E-state index contributed by atoms with van der Waals surface area (Å²) in [6, 6.07) is 31.0. The van der Waals surface area contributed by atoms with E-state index in [1.165, 1.54) is 144 Å². The van der Waals surface area contributed by atoms with Crippen molar-refractivity contribution >= 4 is 67.9 Å². The van der Waals surface area contributed by atoms with Crippen molar-refractivity contribution in [1.82, 2.24) is 0 Å². The van der Waals surface area contributed by atoms with E-state index in [-0.39, 0.29) is 55.4 Å². The highest BCUT2D eigenvalue weighted by Gasteiger charge is 2.53. The molecule has 3 heterocycles. The number of hydrogen-bond donors (Lipinski definition) is 0. The lowest BCUT2D eigenvalue weighted by molar-refractivity contribution is 0.331. The molecule has 6 aromatic rings. The number of nitrogens with zero attached hydrogens (tertiary/aromatic N) is 2. The van der Waals surface area contributed by atoms with E-state index in [4.69, 9.17) is 0 Å². The van der Waals surface area contributed by atoms with Crippen LogP contribution in [-0.4, -0.2) is 6.71 Å². The summed E-state index contributed by atoms with van der Waals surface area (Å²) < 4.78 is 1.53. The Bertz CT molecular complexity index is 3460. The highest BCUT2D eigenvalue weighted by Crippen LogP contribution is 2.60. The average Bonchev–Trinajstić information content (AvgIpc) is 3.75. The molecule has 0 saturated heterocycles. The maximum Gasteiger partial charge on any atom is 0.264 e. The topological polar surface area (TPSA) is 6.48 Å². The molecule has 0 atom stereocenters. The summed E-state index contributed by atoms with van der Waals surface area (Å²) in [6.07, 6.45) is 9.50. The molecule has 0 fully saturated rings. The van der Waals surface area contributed by atoms with Crippen LogP contribution in [0.15, 0.2) is 72.8 Å². The molecule has 0 spiro atoms. The molecular weight excluding hydrogens is 936 g/mol. The summed E-state index contributed by atoms with van der Waals surface area (Å²) in [6.45, 7) is 52.4. The van der Waals surface area contributed by atoms with E-state index in [9.17, 15) is 0 Å². The molecule has 0 unspecified atom stereocenters. The standard InChI is InChI=1S/C72H91BN2S/c1-42-36-55-59-56(37-42)75(54-27-22-44(64(3,4)5)39-47(54)46-41-52-50(38-43(46)2)67(10,11)30-31-69(52,14)15)61-58-62(72(20,21)35-34-71(58,18)19)76-63(61)73(59)53-26-25-49-57(70(16,17)33-32-66(49,8)9)60(53)74(55)45-23-24-48-51(40-45)68(12,13)29-28-65(48,6)7/h22-27,36-41H,28-35H2,1-21H3. The van der Waals surface area contributed by atoms with Crippen LogP contribution in [0.25, 0.3) is 11.1 Å². The molecule has 4 heteroatoms. The molecule has 2 nitrogen and oxygen atoms in total. The molecule has 2 aliphatic heterocycles. The number of fused-ring (bicyclic) bond motifs is 10. The van der Waals surface area contributed by atoms with E-state index in [0.717, 1.165) is 12.8 Å². The minimum atomic E-state index is -0.0325. The van der Waals surface area contributed by atoms with Gasteiger partial charge < -0.3 is 9.80 Å². The molecule has 398 valence electrons. The van der Waals surface area contributed by atoms with Gasteiger partial charge in [-0.15, -0.1) is 0 Å². The Morgan fingerprint density at radius 2 is 0.934 bits per heavy atom. The number of anilines is 6. The second kappa shape index (κ2) is 16.1. The van der Waals surface area contributed by atoms with Gasteiger partial charge in [0.05, 0.1) is 11.4 Å². The Morgan fingerprint density at radius 3 is 1.54 bits per heavy atom. The van der Waals surface area contributed by atoms with Crippen LogP contribution in [0.2, 0.25) is 0 Å². The fourth-order valence-electron chi connectivity index (χ4n) is 15.8. The van der Waals surface area contributed by atoms with Crippen LogP contribution in [0.5, 0.6) is 0 Å². The monoisotopic (exact) mass is 1030 g/mol. The normalized spacial score (nSPS) is 22.1. The maximum absolute atomic E-state index is 2.86. The summed E-state index contributed by atoms with van der Waals surface area (Å²) >= 11 is 2.17. The van der Waals surface area contributed by atoms with E-state index >= 15 is 0 Å². The molecule has 0 saturated carbocycles. The Balaban J connectivity index is 1.23. The van der Waals surface area contributed by atoms with E-state index in [0.29, 0.717) is 0 Å². The van der Waals surface area contributed by atoms with Crippen LogP contribution >= 0.6 is 11.3 Å². The van der Waals surface area contributed by atoms with Crippen LogP contribution in [0.3, 0.4) is 0 Å². The van der Waals surface area contributed by atoms with E-state index < -0.39 is 0 Å². The van der Waals surface area contributed by atoms with Gasteiger partial charge in [-0.3, -0.25) is 0 Å². The molecular formula is C72H91BN2S. The van der Waals surface area contributed by atoms with Crippen LogP contribution in [0.1, 0.15) is 243 Å². The summed E-state index contributed by atoms with van der Waals surface area (Å²) in [5, 5.41) is 0. The summed E-state index contributed by atoms with van der Waals surface area (Å²) in [5.74, 6) is 0. The second-order valence-electron chi connectivity index (χ2n) is 31.8. The zero-order valence-corrected chi connectivity index (χ0v) is 51.8. The van der Waals surface area contributed by atoms with Crippen LogP contribution in [-0.2, 0) is 48.7 Å². The molecule has 4 aliphatic carbocycles. The van der Waals surface area contributed by atoms with Crippen molar-refractivity contribution < 1.29 is 0 Å². The Hall–Kier alpha value is -4.54. The van der Waals surface area contributed by atoms with E-state index in [1.54, 1.807) is 16.0 Å². The predicted octanol–water partition coefficient (Wildman–Crippen LogP) is 18.8. The van der Waals surface area contributed by atoms with Crippen molar-refractivity contribution in [2.24, 2.45) is 0 Å². The van der Waals surface area contributed by atoms with Gasteiger partial charge in [0.2, 0.25) is 0 Å². The maximum atomic E-state index is 2.86. The first-order valence-corrected chi connectivity index (χ1v) is 30.5. The lowest BCUT2D eigenvalue weighted by Crippen LogP contribution is -2.61. The largest absolute Gasteiger partial charge is 0.311 e. The number of rotatable bonds is 3. The Morgan fingerprint density at radius 1 is 0.434 bits per heavy atom. The van der Waals surface area contributed by atoms with Gasteiger partial charge in [0.15, 0.2) is 0 Å². The lowest BCUT2D eigenvalue weighted by atomic mass is 9.35. The zero-order chi connectivity index (χ0) is 54.8. The summed E-state index contributed by atoms with van der Waals surface area (Å²) in [4.78, 5) is 7.27. The van der Waals surface area contributed by atoms with Crippen molar-refractivity contribution in [3.05, 3.63) is 133 Å². The van der Waals surface area contributed by atoms with Crippen molar-refractivity contribution in [3.63, 3.8) is 0 Å². The highest BCUT2D eigenvalue weighted by atomic mass is 32.1. The first kappa shape index (κ1) is 52.2. The van der Waals surface area contributed by atoms with Crippen molar-refractivity contribution in [1.29, 1.82) is 0 Å².